The van der Waals surface area contributed by atoms with Crippen LogP contribution in [0.25, 0.3) is 17.0 Å². The third-order valence-corrected chi connectivity index (χ3v) is 9.71. The van der Waals surface area contributed by atoms with Crippen molar-refractivity contribution in [3.8, 4) is 5.75 Å². The Bertz CT molecular complexity index is 2460. The minimum atomic E-state index is -0.707. The number of para-hydroxylation sites is 2. The first-order chi connectivity index (χ1) is 24.8. The van der Waals surface area contributed by atoms with Gasteiger partial charge in [-0.3, -0.25) is 14.2 Å². The van der Waals surface area contributed by atoms with Crippen LogP contribution in [0.15, 0.2) is 130 Å². The Morgan fingerprint density at radius 3 is 2.35 bits per heavy atom. The van der Waals surface area contributed by atoms with E-state index in [2.05, 4.69) is 9.88 Å². The highest BCUT2D eigenvalue weighted by molar-refractivity contribution is 7.07. The number of hydrogen-bond acceptors (Lipinski definition) is 7. The van der Waals surface area contributed by atoms with Crippen molar-refractivity contribution in [3.05, 3.63) is 163 Å². The van der Waals surface area contributed by atoms with Gasteiger partial charge in [-0.2, -0.15) is 0 Å². The van der Waals surface area contributed by atoms with Crippen LogP contribution in [0.4, 0.5) is 5.69 Å². The fraction of sp³-hybridized carbons (Fsp3) is 0.171. The maximum Gasteiger partial charge on any atom is 0.338 e. The van der Waals surface area contributed by atoms with E-state index in [0.29, 0.717) is 57.4 Å². The molecular weight excluding hydrogens is 661 g/mol. The summed E-state index contributed by atoms with van der Waals surface area (Å²) in [6.07, 6.45) is 3.95. The predicted octanol–water partition coefficient (Wildman–Crippen LogP) is 6.45. The Morgan fingerprint density at radius 2 is 1.63 bits per heavy atom. The minimum absolute atomic E-state index is 0.235. The number of carbonyl (C=O) groups excluding carboxylic acids is 2. The number of aromatic nitrogens is 2. The summed E-state index contributed by atoms with van der Waals surface area (Å²) in [4.78, 5) is 45.8. The van der Waals surface area contributed by atoms with Gasteiger partial charge in [-0.15, -0.1) is 0 Å². The lowest BCUT2D eigenvalue weighted by molar-refractivity contribution is -0.113. The molecule has 0 radical (unpaired) electrons. The van der Waals surface area contributed by atoms with Gasteiger partial charge in [0, 0.05) is 34.9 Å². The molecule has 0 saturated carbocycles. The monoisotopic (exact) mass is 696 g/mol. The van der Waals surface area contributed by atoms with E-state index in [1.54, 1.807) is 23.6 Å². The van der Waals surface area contributed by atoms with Crippen LogP contribution >= 0.6 is 11.3 Å². The van der Waals surface area contributed by atoms with Gasteiger partial charge in [-0.05, 0) is 80.4 Å². The number of amides is 1. The van der Waals surface area contributed by atoms with Crippen molar-refractivity contribution in [2.24, 2.45) is 4.99 Å². The van der Waals surface area contributed by atoms with Crippen LogP contribution < -0.4 is 24.9 Å². The van der Waals surface area contributed by atoms with Crippen LogP contribution in [-0.2, 0) is 16.1 Å². The van der Waals surface area contributed by atoms with Gasteiger partial charge < -0.3 is 19.4 Å². The van der Waals surface area contributed by atoms with Crippen molar-refractivity contribution < 1.29 is 19.1 Å². The highest BCUT2D eigenvalue weighted by atomic mass is 32.1. The number of hydrogen-bond donors (Lipinski definition) is 1. The second-order valence-corrected chi connectivity index (χ2v) is 13.1. The Hall–Kier alpha value is -6.00. The molecule has 0 spiro atoms. The van der Waals surface area contributed by atoms with Crippen molar-refractivity contribution in [1.82, 2.24) is 9.13 Å². The summed E-state index contributed by atoms with van der Waals surface area (Å²) < 4.78 is 15.1. The van der Waals surface area contributed by atoms with Crippen LogP contribution in [0.2, 0.25) is 0 Å². The maximum absolute atomic E-state index is 14.4. The van der Waals surface area contributed by atoms with Crippen molar-refractivity contribution in [1.29, 1.82) is 0 Å². The minimum Gasteiger partial charge on any atom is -0.494 e. The molecule has 2 aromatic heterocycles. The SMILES string of the molecule is CCOC(=O)c1ccc(Cn2cc(/C=c3\sc4n(c3=O)[C@H](c3ccc(OCC)cc3)C(C(=O)Nc3ccccc3)=C(C)N=4)c3ccccc32)cc1. The van der Waals surface area contributed by atoms with Gasteiger partial charge in [-0.25, -0.2) is 9.79 Å². The standard InChI is InChI=1S/C41H36N4O5S/c1-4-49-32-21-19-28(20-22-32)37-36(38(46)43-31-11-7-6-8-12-31)26(3)42-41-45(37)39(47)35(51-41)23-30-25-44(34-14-10-9-13-33(30)34)24-27-15-17-29(18-16-27)40(48)50-5-2/h6-23,25,37H,4-5,24H2,1-3H3,(H,43,46)/b35-23-/t37-/m1/s1. The van der Waals surface area contributed by atoms with E-state index in [0.717, 1.165) is 27.6 Å². The summed E-state index contributed by atoms with van der Waals surface area (Å²) in [6.45, 7) is 6.93. The van der Waals surface area contributed by atoms with Gasteiger partial charge in [0.2, 0.25) is 0 Å². The molecule has 1 aliphatic rings. The maximum atomic E-state index is 14.4. The number of nitrogens with zero attached hydrogens (tertiary/aromatic N) is 3. The van der Waals surface area contributed by atoms with Gasteiger partial charge in [0.05, 0.1) is 40.6 Å². The molecule has 0 aliphatic carbocycles. The van der Waals surface area contributed by atoms with Crippen LogP contribution in [0, 0.1) is 0 Å². The first-order valence-corrected chi connectivity index (χ1v) is 17.6. The molecule has 10 heteroatoms. The number of carbonyl (C=O) groups is 2. The fourth-order valence-corrected chi connectivity index (χ4v) is 7.42. The van der Waals surface area contributed by atoms with E-state index in [1.165, 1.54) is 11.3 Å². The number of thiazole rings is 1. The van der Waals surface area contributed by atoms with E-state index >= 15 is 0 Å². The Balaban J connectivity index is 1.30. The van der Waals surface area contributed by atoms with E-state index in [9.17, 15) is 14.4 Å². The van der Waals surface area contributed by atoms with Gasteiger partial charge in [-0.1, -0.05) is 72.0 Å². The average Bonchev–Trinajstić information content (AvgIpc) is 3.64. The zero-order chi connectivity index (χ0) is 35.5. The summed E-state index contributed by atoms with van der Waals surface area (Å²) in [7, 11) is 0. The van der Waals surface area contributed by atoms with Crippen molar-refractivity contribution in [2.75, 3.05) is 18.5 Å². The fourth-order valence-electron chi connectivity index (χ4n) is 6.38. The number of nitrogens with one attached hydrogen (secondary N) is 1. The third kappa shape index (κ3) is 6.78. The van der Waals surface area contributed by atoms with Crippen LogP contribution in [0.1, 0.15) is 53.9 Å². The quantitative estimate of drug-likeness (QED) is 0.166. The number of rotatable bonds is 10. The summed E-state index contributed by atoms with van der Waals surface area (Å²) in [5.74, 6) is 0.0352. The first-order valence-electron chi connectivity index (χ1n) is 16.8. The highest BCUT2D eigenvalue weighted by Gasteiger charge is 2.32. The summed E-state index contributed by atoms with van der Waals surface area (Å²) in [5.41, 5.74) is 5.54. The highest BCUT2D eigenvalue weighted by Crippen LogP contribution is 2.32. The second-order valence-electron chi connectivity index (χ2n) is 12.1. The Morgan fingerprint density at radius 1 is 0.902 bits per heavy atom. The molecule has 3 heterocycles. The molecule has 1 aliphatic heterocycles. The van der Waals surface area contributed by atoms with E-state index in [1.807, 2.05) is 117 Å². The molecule has 0 fully saturated rings. The van der Waals surface area contributed by atoms with Crippen LogP contribution in [-0.4, -0.2) is 34.2 Å². The summed E-state index contributed by atoms with van der Waals surface area (Å²) >= 11 is 1.30. The molecule has 9 nitrogen and oxygen atoms in total. The summed E-state index contributed by atoms with van der Waals surface area (Å²) in [6, 6.07) is 31.5. The molecule has 0 saturated heterocycles. The lowest BCUT2D eigenvalue weighted by atomic mass is 9.95. The predicted molar refractivity (Wildman–Crippen MR) is 200 cm³/mol. The molecule has 1 N–H and O–H groups in total. The summed E-state index contributed by atoms with van der Waals surface area (Å²) in [5, 5.41) is 3.99. The van der Waals surface area contributed by atoms with Crippen molar-refractivity contribution in [3.63, 3.8) is 0 Å². The molecule has 0 unspecified atom stereocenters. The molecular formula is C41H36N4O5S. The molecule has 51 heavy (non-hydrogen) atoms. The Labute approximate surface area is 298 Å². The van der Waals surface area contributed by atoms with Gasteiger partial charge in [0.15, 0.2) is 4.80 Å². The van der Waals surface area contributed by atoms with Crippen LogP contribution in [0.3, 0.4) is 0 Å². The molecule has 1 atom stereocenters. The van der Waals surface area contributed by atoms with E-state index < -0.39 is 6.04 Å². The Kier molecular flexibility index (Phi) is 9.50. The molecule has 7 rings (SSSR count). The second kappa shape index (κ2) is 14.5. The van der Waals surface area contributed by atoms with Gasteiger partial charge in [0.1, 0.15) is 5.75 Å². The average molecular weight is 697 g/mol. The number of benzene rings is 4. The lowest BCUT2D eigenvalue weighted by Crippen LogP contribution is -2.40. The first kappa shape index (κ1) is 33.5. The zero-order valence-electron chi connectivity index (χ0n) is 28.5. The van der Waals surface area contributed by atoms with Gasteiger partial charge >= 0.3 is 5.97 Å². The molecule has 4 aromatic carbocycles. The largest absolute Gasteiger partial charge is 0.494 e. The lowest BCUT2D eigenvalue weighted by Gasteiger charge is -2.25. The van der Waals surface area contributed by atoms with E-state index in [4.69, 9.17) is 14.5 Å². The molecule has 256 valence electrons. The zero-order valence-corrected chi connectivity index (χ0v) is 29.3. The normalized spacial score (nSPS) is 14.3. The molecule has 6 aromatic rings. The number of esters is 1. The third-order valence-electron chi connectivity index (χ3n) is 8.73. The smallest absolute Gasteiger partial charge is 0.338 e. The number of ether oxygens (including phenoxy) is 2. The van der Waals surface area contributed by atoms with E-state index in [-0.39, 0.29) is 17.4 Å². The van der Waals surface area contributed by atoms with Crippen molar-refractivity contribution >= 4 is 45.9 Å². The topological polar surface area (TPSA) is 104 Å². The molecule has 1 amide bonds. The number of fused-ring (bicyclic) bond motifs is 2. The molecule has 0 bridgehead atoms. The number of anilines is 1. The van der Waals surface area contributed by atoms with Crippen LogP contribution in [0.5, 0.6) is 5.75 Å². The van der Waals surface area contributed by atoms with Gasteiger partial charge in [0.25, 0.3) is 11.5 Å². The number of allylic oxidation sites excluding steroid dienone is 1. The van der Waals surface area contributed by atoms with Crippen molar-refractivity contribution in [2.45, 2.75) is 33.4 Å².